The maximum Gasteiger partial charge on any atom is 0.0673 e. The maximum atomic E-state index is 11.1. The number of aliphatic hydroxyl groups is 1. The lowest BCUT2D eigenvalue weighted by Gasteiger charge is -2.35. The standard InChI is InChI=1S/C22H46O/c1-5-9-11-13-15-17-19-21(7-3)22(23,8-4)20-18-16-14-12-10-6-2/h21,23H,5-20H2,1-4H3. The number of hydrogen-bond donors (Lipinski definition) is 1. The van der Waals surface area contributed by atoms with E-state index in [1.165, 1.54) is 83.5 Å². The summed E-state index contributed by atoms with van der Waals surface area (Å²) in [5, 5.41) is 11.1. The molecule has 0 bridgehead atoms. The largest absolute Gasteiger partial charge is 0.390 e. The van der Waals surface area contributed by atoms with Gasteiger partial charge in [0, 0.05) is 0 Å². The van der Waals surface area contributed by atoms with Crippen LogP contribution >= 0.6 is 0 Å². The minimum absolute atomic E-state index is 0.400. The van der Waals surface area contributed by atoms with Crippen LogP contribution in [0.2, 0.25) is 0 Å². The zero-order valence-corrected chi connectivity index (χ0v) is 16.8. The average Bonchev–Trinajstić information content (AvgIpc) is 2.57. The van der Waals surface area contributed by atoms with Crippen LogP contribution in [0.3, 0.4) is 0 Å². The van der Waals surface area contributed by atoms with E-state index in [0.717, 1.165) is 19.3 Å². The molecule has 0 amide bonds. The third-order valence-corrected chi connectivity index (χ3v) is 5.73. The molecule has 1 N–H and O–H groups in total. The van der Waals surface area contributed by atoms with Gasteiger partial charge in [-0.05, 0) is 25.2 Å². The zero-order valence-electron chi connectivity index (χ0n) is 16.8. The van der Waals surface area contributed by atoms with E-state index < -0.39 is 5.60 Å². The highest BCUT2D eigenvalue weighted by molar-refractivity contribution is 4.84. The van der Waals surface area contributed by atoms with Crippen LogP contribution in [0, 0.1) is 5.92 Å². The molecule has 0 aliphatic heterocycles. The molecule has 0 spiro atoms. The molecule has 2 atom stereocenters. The second-order valence-corrected chi connectivity index (χ2v) is 7.64. The van der Waals surface area contributed by atoms with Gasteiger partial charge in [0.2, 0.25) is 0 Å². The Labute approximate surface area is 147 Å². The van der Waals surface area contributed by atoms with Crippen LogP contribution in [0.15, 0.2) is 0 Å². The monoisotopic (exact) mass is 326 g/mol. The Balaban J connectivity index is 4.01. The summed E-state index contributed by atoms with van der Waals surface area (Å²) >= 11 is 0. The van der Waals surface area contributed by atoms with Crippen molar-refractivity contribution in [2.24, 2.45) is 5.92 Å². The van der Waals surface area contributed by atoms with Crippen molar-refractivity contribution in [2.45, 2.75) is 136 Å². The summed E-state index contributed by atoms with van der Waals surface area (Å²) in [6.07, 6.45) is 20.4. The Kier molecular flexibility index (Phi) is 15.5. The van der Waals surface area contributed by atoms with Crippen molar-refractivity contribution in [2.75, 3.05) is 0 Å². The van der Waals surface area contributed by atoms with Crippen LogP contribution in [-0.4, -0.2) is 10.7 Å². The lowest BCUT2D eigenvalue weighted by molar-refractivity contribution is -0.0374. The zero-order chi connectivity index (χ0) is 17.4. The molecule has 0 aliphatic rings. The van der Waals surface area contributed by atoms with E-state index in [2.05, 4.69) is 27.7 Å². The van der Waals surface area contributed by atoms with Crippen LogP contribution in [0.1, 0.15) is 130 Å². The van der Waals surface area contributed by atoms with Crippen molar-refractivity contribution >= 4 is 0 Å². The highest BCUT2D eigenvalue weighted by atomic mass is 16.3. The van der Waals surface area contributed by atoms with Gasteiger partial charge in [0.05, 0.1) is 5.60 Å². The fourth-order valence-electron chi connectivity index (χ4n) is 3.90. The third kappa shape index (κ3) is 11.2. The van der Waals surface area contributed by atoms with Gasteiger partial charge in [0.15, 0.2) is 0 Å². The van der Waals surface area contributed by atoms with Crippen LogP contribution in [0.25, 0.3) is 0 Å². The fraction of sp³-hybridized carbons (Fsp3) is 1.00. The first-order valence-corrected chi connectivity index (χ1v) is 10.9. The quantitative estimate of drug-likeness (QED) is 0.272. The molecular formula is C22H46O. The molecule has 140 valence electrons. The molecule has 0 heterocycles. The summed E-state index contributed by atoms with van der Waals surface area (Å²) < 4.78 is 0. The van der Waals surface area contributed by atoms with E-state index in [4.69, 9.17) is 0 Å². The Morgan fingerprint density at radius 1 is 0.652 bits per heavy atom. The van der Waals surface area contributed by atoms with Crippen molar-refractivity contribution in [1.29, 1.82) is 0 Å². The van der Waals surface area contributed by atoms with Crippen molar-refractivity contribution in [3.05, 3.63) is 0 Å². The van der Waals surface area contributed by atoms with Crippen molar-refractivity contribution in [1.82, 2.24) is 0 Å². The minimum Gasteiger partial charge on any atom is -0.390 e. The molecule has 23 heavy (non-hydrogen) atoms. The molecule has 0 rings (SSSR count). The molecule has 0 saturated heterocycles. The van der Waals surface area contributed by atoms with Gasteiger partial charge in [-0.15, -0.1) is 0 Å². The maximum absolute atomic E-state index is 11.1. The minimum atomic E-state index is -0.400. The Morgan fingerprint density at radius 3 is 1.61 bits per heavy atom. The number of rotatable bonds is 17. The topological polar surface area (TPSA) is 20.2 Å². The Hall–Kier alpha value is -0.0400. The van der Waals surface area contributed by atoms with E-state index >= 15 is 0 Å². The van der Waals surface area contributed by atoms with E-state index in [0.29, 0.717) is 5.92 Å². The van der Waals surface area contributed by atoms with Crippen molar-refractivity contribution in [3.8, 4) is 0 Å². The summed E-state index contributed by atoms with van der Waals surface area (Å²) in [5.74, 6) is 0.509. The van der Waals surface area contributed by atoms with Crippen LogP contribution in [0.4, 0.5) is 0 Å². The molecule has 0 aromatic heterocycles. The van der Waals surface area contributed by atoms with E-state index in [1.807, 2.05) is 0 Å². The molecule has 0 aliphatic carbocycles. The van der Waals surface area contributed by atoms with Crippen LogP contribution in [-0.2, 0) is 0 Å². The Bertz CT molecular complexity index is 238. The van der Waals surface area contributed by atoms with Gasteiger partial charge in [-0.1, -0.05) is 111 Å². The summed E-state index contributed by atoms with van der Waals surface area (Å²) in [6.45, 7) is 8.99. The summed E-state index contributed by atoms with van der Waals surface area (Å²) in [5.41, 5.74) is -0.400. The van der Waals surface area contributed by atoms with Gasteiger partial charge in [0.1, 0.15) is 0 Å². The highest BCUT2D eigenvalue weighted by Gasteiger charge is 2.32. The van der Waals surface area contributed by atoms with Gasteiger partial charge in [-0.2, -0.15) is 0 Å². The SMILES string of the molecule is CCCCCCCCC(CC)C(O)(CC)CCCCCCCC. The van der Waals surface area contributed by atoms with Gasteiger partial charge >= 0.3 is 0 Å². The molecule has 1 heteroatoms. The van der Waals surface area contributed by atoms with E-state index in [9.17, 15) is 5.11 Å². The third-order valence-electron chi connectivity index (χ3n) is 5.73. The van der Waals surface area contributed by atoms with E-state index in [-0.39, 0.29) is 0 Å². The molecule has 0 aromatic rings. The van der Waals surface area contributed by atoms with Crippen LogP contribution < -0.4 is 0 Å². The lowest BCUT2D eigenvalue weighted by Crippen LogP contribution is -2.37. The summed E-state index contributed by atoms with van der Waals surface area (Å²) in [6, 6.07) is 0. The predicted molar refractivity (Wildman–Crippen MR) is 105 cm³/mol. The van der Waals surface area contributed by atoms with Crippen molar-refractivity contribution < 1.29 is 5.11 Å². The molecule has 2 unspecified atom stereocenters. The fourth-order valence-corrected chi connectivity index (χ4v) is 3.90. The smallest absolute Gasteiger partial charge is 0.0673 e. The summed E-state index contributed by atoms with van der Waals surface area (Å²) in [4.78, 5) is 0. The lowest BCUT2D eigenvalue weighted by atomic mass is 9.76. The first-order chi connectivity index (χ1) is 11.1. The van der Waals surface area contributed by atoms with Gasteiger partial charge in [0.25, 0.3) is 0 Å². The number of unbranched alkanes of at least 4 members (excludes halogenated alkanes) is 10. The van der Waals surface area contributed by atoms with Gasteiger partial charge in [-0.3, -0.25) is 0 Å². The molecule has 0 radical (unpaired) electrons. The highest BCUT2D eigenvalue weighted by Crippen LogP contribution is 2.34. The second-order valence-electron chi connectivity index (χ2n) is 7.64. The van der Waals surface area contributed by atoms with Gasteiger partial charge in [-0.25, -0.2) is 0 Å². The first kappa shape index (κ1) is 23.0. The molecule has 0 fully saturated rings. The molecule has 0 saturated carbocycles. The van der Waals surface area contributed by atoms with Crippen molar-refractivity contribution in [3.63, 3.8) is 0 Å². The molecular weight excluding hydrogens is 280 g/mol. The summed E-state index contributed by atoms with van der Waals surface area (Å²) in [7, 11) is 0. The van der Waals surface area contributed by atoms with Crippen LogP contribution in [0.5, 0.6) is 0 Å². The normalized spacial score (nSPS) is 15.5. The average molecular weight is 327 g/mol. The number of hydrogen-bond acceptors (Lipinski definition) is 1. The second kappa shape index (κ2) is 15.5. The molecule has 1 nitrogen and oxygen atoms in total. The molecule has 0 aromatic carbocycles. The van der Waals surface area contributed by atoms with Gasteiger partial charge < -0.3 is 5.11 Å². The first-order valence-electron chi connectivity index (χ1n) is 10.9. The predicted octanol–water partition coefficient (Wildman–Crippen LogP) is 7.65. The van der Waals surface area contributed by atoms with E-state index in [1.54, 1.807) is 0 Å². The Morgan fingerprint density at radius 2 is 1.13 bits per heavy atom.